The highest BCUT2D eigenvalue weighted by atomic mass is 19.1. The molecule has 19 heavy (non-hydrogen) atoms. The second kappa shape index (κ2) is 5.17. The molecule has 1 atom stereocenters. The summed E-state index contributed by atoms with van der Waals surface area (Å²) >= 11 is 0. The van der Waals surface area contributed by atoms with E-state index in [0.29, 0.717) is 18.8 Å². The van der Waals surface area contributed by atoms with Crippen molar-refractivity contribution in [3.63, 3.8) is 0 Å². The van der Waals surface area contributed by atoms with E-state index in [1.807, 2.05) is 13.8 Å². The number of nitrogens with one attached hydrogen (secondary N) is 1. The number of amides is 1. The fraction of sp³-hybridized carbons (Fsp3) is 0.500. The van der Waals surface area contributed by atoms with Crippen LogP contribution in [-0.4, -0.2) is 36.8 Å². The van der Waals surface area contributed by atoms with E-state index >= 15 is 0 Å². The maximum Gasteiger partial charge on any atom is 0.245 e. The molecular weight excluding hydrogens is 247 g/mol. The van der Waals surface area contributed by atoms with Gasteiger partial charge in [0.15, 0.2) is 0 Å². The minimum absolute atomic E-state index is 0.193. The summed E-state index contributed by atoms with van der Waals surface area (Å²) in [5.41, 5.74) is 0.161. The Bertz CT molecular complexity index is 476. The van der Waals surface area contributed by atoms with Crippen molar-refractivity contribution in [1.82, 2.24) is 5.32 Å². The Hall–Kier alpha value is -1.62. The Labute approximate surface area is 112 Å². The number of anilines is 1. The number of aliphatic hydroxyl groups is 1. The fourth-order valence-electron chi connectivity index (χ4n) is 2.33. The van der Waals surface area contributed by atoms with Gasteiger partial charge in [0, 0.05) is 13.1 Å². The minimum Gasteiger partial charge on any atom is -0.394 e. The summed E-state index contributed by atoms with van der Waals surface area (Å²) in [5.74, 6) is -0.650. The van der Waals surface area contributed by atoms with Gasteiger partial charge in [0.25, 0.3) is 0 Å². The molecule has 1 aliphatic heterocycles. The summed E-state index contributed by atoms with van der Waals surface area (Å²) in [4.78, 5) is 13.6. The molecule has 4 nitrogen and oxygen atoms in total. The predicted molar refractivity (Wildman–Crippen MR) is 71.4 cm³/mol. The third-order valence-corrected chi connectivity index (χ3v) is 3.35. The molecule has 1 unspecified atom stereocenters. The van der Waals surface area contributed by atoms with Gasteiger partial charge in [-0.3, -0.25) is 4.79 Å². The van der Waals surface area contributed by atoms with E-state index in [1.54, 1.807) is 23.1 Å². The molecule has 1 amide bonds. The number of nitrogens with zero attached hydrogens (tertiary/aromatic N) is 1. The molecule has 5 heteroatoms. The van der Waals surface area contributed by atoms with Crippen LogP contribution in [0.4, 0.5) is 10.1 Å². The molecule has 0 aromatic heterocycles. The average Bonchev–Trinajstić information content (AvgIpc) is 2.47. The van der Waals surface area contributed by atoms with Gasteiger partial charge in [-0.15, -0.1) is 0 Å². The Morgan fingerprint density at radius 3 is 2.79 bits per heavy atom. The maximum atomic E-state index is 13.9. The molecule has 1 saturated heterocycles. The van der Waals surface area contributed by atoms with Crippen LogP contribution in [0.3, 0.4) is 0 Å². The lowest BCUT2D eigenvalue weighted by molar-refractivity contribution is -0.122. The lowest BCUT2D eigenvalue weighted by Gasteiger charge is -2.34. The summed E-state index contributed by atoms with van der Waals surface area (Å²) in [6.45, 7) is 4.67. The zero-order chi connectivity index (χ0) is 14.0. The highest BCUT2D eigenvalue weighted by Crippen LogP contribution is 2.28. The van der Waals surface area contributed by atoms with Crippen LogP contribution in [-0.2, 0) is 4.79 Å². The van der Waals surface area contributed by atoms with Gasteiger partial charge in [-0.2, -0.15) is 0 Å². The van der Waals surface area contributed by atoms with Crippen molar-refractivity contribution in [1.29, 1.82) is 0 Å². The van der Waals surface area contributed by atoms with Crippen molar-refractivity contribution in [2.24, 2.45) is 5.41 Å². The van der Waals surface area contributed by atoms with Crippen LogP contribution < -0.4 is 10.2 Å². The summed E-state index contributed by atoms with van der Waals surface area (Å²) in [6.07, 6.45) is 0. The van der Waals surface area contributed by atoms with Crippen molar-refractivity contribution in [3.8, 4) is 0 Å². The lowest BCUT2D eigenvalue weighted by Crippen LogP contribution is -2.47. The van der Waals surface area contributed by atoms with Crippen LogP contribution in [0.5, 0.6) is 0 Å². The number of para-hydroxylation sites is 1. The molecule has 2 rings (SSSR count). The molecular formula is C14H19FN2O2. The van der Waals surface area contributed by atoms with Crippen molar-refractivity contribution in [2.75, 3.05) is 24.6 Å². The molecule has 1 heterocycles. The number of rotatable bonds is 2. The van der Waals surface area contributed by atoms with Crippen LogP contribution in [0, 0.1) is 11.2 Å². The zero-order valence-electron chi connectivity index (χ0n) is 11.2. The van der Waals surface area contributed by atoms with Crippen molar-refractivity contribution >= 4 is 11.6 Å². The first-order valence-corrected chi connectivity index (χ1v) is 6.34. The Kier molecular flexibility index (Phi) is 3.75. The zero-order valence-corrected chi connectivity index (χ0v) is 11.2. The maximum absolute atomic E-state index is 13.9. The van der Waals surface area contributed by atoms with Crippen LogP contribution in [0.15, 0.2) is 24.3 Å². The van der Waals surface area contributed by atoms with E-state index in [9.17, 15) is 14.3 Å². The first-order valence-electron chi connectivity index (χ1n) is 6.34. The summed E-state index contributed by atoms with van der Waals surface area (Å²) in [7, 11) is 0. The van der Waals surface area contributed by atoms with Crippen LogP contribution in [0.1, 0.15) is 13.8 Å². The van der Waals surface area contributed by atoms with E-state index in [2.05, 4.69) is 5.32 Å². The van der Waals surface area contributed by atoms with Gasteiger partial charge in [-0.25, -0.2) is 4.39 Å². The van der Waals surface area contributed by atoms with Crippen LogP contribution in [0.25, 0.3) is 0 Å². The quantitative estimate of drug-likeness (QED) is 0.844. The molecule has 1 aromatic rings. The highest BCUT2D eigenvalue weighted by molar-refractivity contribution is 5.86. The van der Waals surface area contributed by atoms with Gasteiger partial charge in [-0.05, 0) is 17.5 Å². The first kappa shape index (κ1) is 13.8. The third kappa shape index (κ3) is 2.87. The summed E-state index contributed by atoms with van der Waals surface area (Å²) < 4.78 is 13.9. The molecule has 0 bridgehead atoms. The number of halogens is 1. The normalized spacial score (nSPS) is 22.8. The number of aliphatic hydroxyl groups excluding tert-OH is 1. The van der Waals surface area contributed by atoms with Gasteiger partial charge >= 0.3 is 0 Å². The number of carbonyl (C=O) groups is 1. The molecule has 1 fully saturated rings. The van der Waals surface area contributed by atoms with Gasteiger partial charge < -0.3 is 15.3 Å². The standard InChI is InChI=1S/C14H19FN2O2/c1-14(2)8-16-13(19)12(7-18)17(9-14)11-6-4-3-5-10(11)15/h3-6,12,18H,7-9H2,1-2H3,(H,16,19). The van der Waals surface area contributed by atoms with Crippen molar-refractivity contribution < 1.29 is 14.3 Å². The second-order valence-electron chi connectivity index (χ2n) is 5.66. The first-order chi connectivity index (χ1) is 8.94. The number of benzene rings is 1. The van der Waals surface area contributed by atoms with E-state index in [4.69, 9.17) is 0 Å². The molecule has 0 radical (unpaired) electrons. The van der Waals surface area contributed by atoms with Crippen LogP contribution >= 0.6 is 0 Å². The molecule has 0 aliphatic carbocycles. The third-order valence-electron chi connectivity index (χ3n) is 3.35. The second-order valence-corrected chi connectivity index (χ2v) is 5.66. The van der Waals surface area contributed by atoms with E-state index in [-0.39, 0.29) is 23.7 Å². The topological polar surface area (TPSA) is 52.6 Å². The monoisotopic (exact) mass is 266 g/mol. The smallest absolute Gasteiger partial charge is 0.245 e. The fourth-order valence-corrected chi connectivity index (χ4v) is 2.33. The number of hydrogen-bond donors (Lipinski definition) is 2. The molecule has 1 aromatic carbocycles. The Morgan fingerprint density at radius 2 is 2.16 bits per heavy atom. The largest absolute Gasteiger partial charge is 0.394 e. The van der Waals surface area contributed by atoms with E-state index < -0.39 is 6.04 Å². The molecule has 1 aliphatic rings. The number of carbonyl (C=O) groups excluding carboxylic acids is 1. The van der Waals surface area contributed by atoms with Gasteiger partial charge in [-0.1, -0.05) is 26.0 Å². The van der Waals surface area contributed by atoms with Crippen LogP contribution in [0.2, 0.25) is 0 Å². The summed E-state index contributed by atoms with van der Waals surface area (Å²) in [5, 5.41) is 12.2. The lowest BCUT2D eigenvalue weighted by atomic mass is 9.93. The molecule has 2 N–H and O–H groups in total. The number of hydrogen-bond acceptors (Lipinski definition) is 3. The highest BCUT2D eigenvalue weighted by Gasteiger charge is 2.35. The Balaban J connectivity index is 2.43. The van der Waals surface area contributed by atoms with Crippen molar-refractivity contribution in [2.45, 2.75) is 19.9 Å². The molecule has 0 spiro atoms. The van der Waals surface area contributed by atoms with Gasteiger partial charge in [0.05, 0.1) is 12.3 Å². The molecule has 0 saturated carbocycles. The SMILES string of the molecule is CC1(C)CNC(=O)C(CO)N(c2ccccc2F)C1. The summed E-state index contributed by atoms with van der Waals surface area (Å²) in [6, 6.07) is 5.57. The van der Waals surface area contributed by atoms with Gasteiger partial charge in [0.2, 0.25) is 5.91 Å². The Morgan fingerprint density at radius 1 is 1.47 bits per heavy atom. The van der Waals surface area contributed by atoms with Crippen molar-refractivity contribution in [3.05, 3.63) is 30.1 Å². The van der Waals surface area contributed by atoms with Gasteiger partial charge in [0.1, 0.15) is 11.9 Å². The minimum atomic E-state index is -0.751. The van der Waals surface area contributed by atoms with E-state index in [0.717, 1.165) is 0 Å². The molecule has 104 valence electrons. The van der Waals surface area contributed by atoms with E-state index in [1.165, 1.54) is 6.07 Å². The average molecular weight is 266 g/mol. The predicted octanol–water partition coefficient (Wildman–Crippen LogP) is 1.15.